The van der Waals surface area contributed by atoms with Gasteiger partial charge in [-0.25, -0.2) is 0 Å². The average molecular weight is 255 g/mol. The Morgan fingerprint density at radius 1 is 1.28 bits per heavy atom. The first-order valence-corrected chi connectivity index (χ1v) is 7.43. The Labute approximate surface area is 111 Å². The van der Waals surface area contributed by atoms with Crippen molar-refractivity contribution in [3.8, 4) is 0 Å². The Balaban J connectivity index is 1.88. The Morgan fingerprint density at radius 3 is 2.56 bits per heavy atom. The minimum atomic E-state index is 0.312. The van der Waals surface area contributed by atoms with Crippen LogP contribution in [0, 0.1) is 5.41 Å². The highest BCUT2D eigenvalue weighted by Crippen LogP contribution is 2.31. The molecule has 4 heteroatoms. The molecule has 0 aromatic rings. The number of ether oxygens (including phenoxy) is 1. The molecule has 0 saturated carbocycles. The first kappa shape index (κ1) is 14.3. The summed E-state index contributed by atoms with van der Waals surface area (Å²) in [7, 11) is 0. The number of likely N-dealkylation sites (N-methyl/N-ethyl adjacent to an activating group) is 1. The number of nitrogens with zero attached hydrogens (tertiary/aromatic N) is 2. The molecule has 106 valence electrons. The van der Waals surface area contributed by atoms with Gasteiger partial charge in [0.15, 0.2) is 0 Å². The third-order valence-electron chi connectivity index (χ3n) is 4.80. The van der Waals surface area contributed by atoms with E-state index in [-0.39, 0.29) is 0 Å². The molecule has 2 aliphatic rings. The molecule has 0 spiro atoms. The summed E-state index contributed by atoms with van der Waals surface area (Å²) in [6.45, 7) is 13.1. The molecule has 4 nitrogen and oxygen atoms in total. The minimum absolute atomic E-state index is 0.312. The topological polar surface area (TPSA) is 41.7 Å². The van der Waals surface area contributed by atoms with Crippen molar-refractivity contribution in [2.24, 2.45) is 11.1 Å². The lowest BCUT2D eigenvalue weighted by Crippen LogP contribution is -2.55. The van der Waals surface area contributed by atoms with Gasteiger partial charge in [0.05, 0.1) is 0 Å². The lowest BCUT2D eigenvalue weighted by Gasteiger charge is -2.45. The van der Waals surface area contributed by atoms with Crippen LogP contribution in [0.5, 0.6) is 0 Å². The predicted molar refractivity (Wildman–Crippen MR) is 74.7 cm³/mol. The van der Waals surface area contributed by atoms with Crippen LogP contribution < -0.4 is 5.73 Å². The van der Waals surface area contributed by atoms with Crippen LogP contribution in [0.3, 0.4) is 0 Å². The molecule has 0 radical (unpaired) electrons. The maximum absolute atomic E-state index is 6.05. The zero-order valence-corrected chi connectivity index (χ0v) is 12.0. The van der Waals surface area contributed by atoms with Crippen molar-refractivity contribution in [2.45, 2.75) is 32.7 Å². The Kier molecular flexibility index (Phi) is 5.01. The number of rotatable bonds is 4. The van der Waals surface area contributed by atoms with Crippen LogP contribution in [0.15, 0.2) is 0 Å². The summed E-state index contributed by atoms with van der Waals surface area (Å²) in [6.07, 6.45) is 2.26. The normalized spacial score (nSPS) is 30.5. The van der Waals surface area contributed by atoms with Crippen LogP contribution in [-0.2, 0) is 4.74 Å². The summed E-state index contributed by atoms with van der Waals surface area (Å²) in [4.78, 5) is 5.19. The van der Waals surface area contributed by atoms with E-state index in [1.54, 1.807) is 0 Å². The van der Waals surface area contributed by atoms with E-state index in [0.717, 1.165) is 39.1 Å². The largest absolute Gasteiger partial charge is 0.381 e. The fourth-order valence-corrected chi connectivity index (χ4v) is 3.39. The Bertz CT molecular complexity index is 253. The summed E-state index contributed by atoms with van der Waals surface area (Å²) in [6, 6.07) is 0.679. The van der Waals surface area contributed by atoms with E-state index in [0.29, 0.717) is 11.5 Å². The van der Waals surface area contributed by atoms with E-state index in [1.807, 2.05) is 0 Å². The van der Waals surface area contributed by atoms with Gasteiger partial charge in [-0.1, -0.05) is 6.92 Å². The van der Waals surface area contributed by atoms with E-state index >= 15 is 0 Å². The van der Waals surface area contributed by atoms with Crippen molar-refractivity contribution in [1.29, 1.82) is 0 Å². The highest BCUT2D eigenvalue weighted by Gasteiger charge is 2.34. The Hall–Kier alpha value is -0.160. The molecule has 18 heavy (non-hydrogen) atoms. The fourth-order valence-electron chi connectivity index (χ4n) is 3.39. The minimum Gasteiger partial charge on any atom is -0.381 e. The molecule has 2 saturated heterocycles. The lowest BCUT2D eigenvalue weighted by atomic mass is 9.79. The summed E-state index contributed by atoms with van der Waals surface area (Å²) in [5.41, 5.74) is 6.36. The molecule has 2 aliphatic heterocycles. The average Bonchev–Trinajstić information content (AvgIpc) is 2.40. The molecule has 0 amide bonds. The molecular weight excluding hydrogens is 226 g/mol. The molecule has 2 fully saturated rings. The van der Waals surface area contributed by atoms with Crippen molar-refractivity contribution in [3.05, 3.63) is 0 Å². The van der Waals surface area contributed by atoms with Gasteiger partial charge in [0, 0.05) is 45.4 Å². The van der Waals surface area contributed by atoms with Gasteiger partial charge in [0.1, 0.15) is 0 Å². The second-order valence-electron chi connectivity index (χ2n) is 6.03. The fraction of sp³-hybridized carbons (Fsp3) is 1.00. The van der Waals surface area contributed by atoms with Crippen LogP contribution in [0.4, 0.5) is 0 Å². The van der Waals surface area contributed by atoms with Gasteiger partial charge in [-0.2, -0.15) is 0 Å². The number of piperazine rings is 1. The van der Waals surface area contributed by atoms with Crippen molar-refractivity contribution < 1.29 is 4.74 Å². The third kappa shape index (κ3) is 3.23. The molecule has 0 aromatic heterocycles. The molecule has 0 aromatic carbocycles. The predicted octanol–water partition coefficient (Wildman–Crippen LogP) is 0.768. The molecule has 0 bridgehead atoms. The standard InChI is InChI=1S/C14H29N3O/c1-3-17-7-6-16(10-13(17)2)12-14(11-15)4-8-18-9-5-14/h13H,3-12,15H2,1-2H3. The number of hydrogen-bond acceptors (Lipinski definition) is 4. The summed E-state index contributed by atoms with van der Waals surface area (Å²) in [5.74, 6) is 0. The number of nitrogens with two attached hydrogens (primary N) is 1. The SMILES string of the molecule is CCN1CCN(CC2(CN)CCOCC2)CC1C. The lowest BCUT2D eigenvalue weighted by molar-refractivity contribution is -0.0147. The van der Waals surface area contributed by atoms with E-state index in [4.69, 9.17) is 10.5 Å². The molecule has 1 unspecified atom stereocenters. The maximum Gasteiger partial charge on any atom is 0.0472 e. The molecular formula is C14H29N3O. The quantitative estimate of drug-likeness (QED) is 0.805. The Morgan fingerprint density at radius 2 is 2.00 bits per heavy atom. The smallest absolute Gasteiger partial charge is 0.0472 e. The summed E-state index contributed by atoms with van der Waals surface area (Å²) < 4.78 is 5.49. The van der Waals surface area contributed by atoms with E-state index in [9.17, 15) is 0 Å². The van der Waals surface area contributed by atoms with Crippen LogP contribution in [0.25, 0.3) is 0 Å². The zero-order chi connectivity index (χ0) is 13.0. The van der Waals surface area contributed by atoms with Crippen LogP contribution in [-0.4, -0.2) is 68.3 Å². The van der Waals surface area contributed by atoms with E-state index in [2.05, 4.69) is 23.6 Å². The second kappa shape index (κ2) is 6.33. The summed E-state index contributed by atoms with van der Waals surface area (Å²) in [5, 5.41) is 0. The van der Waals surface area contributed by atoms with E-state index < -0.39 is 0 Å². The monoisotopic (exact) mass is 255 g/mol. The van der Waals surface area contributed by atoms with Crippen molar-refractivity contribution in [3.63, 3.8) is 0 Å². The zero-order valence-electron chi connectivity index (χ0n) is 12.0. The van der Waals surface area contributed by atoms with Crippen LogP contribution in [0.2, 0.25) is 0 Å². The van der Waals surface area contributed by atoms with Crippen molar-refractivity contribution in [1.82, 2.24) is 9.80 Å². The van der Waals surface area contributed by atoms with Gasteiger partial charge in [0.2, 0.25) is 0 Å². The van der Waals surface area contributed by atoms with Gasteiger partial charge in [-0.3, -0.25) is 9.80 Å². The summed E-state index contributed by atoms with van der Waals surface area (Å²) >= 11 is 0. The van der Waals surface area contributed by atoms with Gasteiger partial charge in [-0.15, -0.1) is 0 Å². The molecule has 2 N–H and O–H groups in total. The first-order valence-electron chi connectivity index (χ1n) is 7.43. The molecule has 2 heterocycles. The van der Waals surface area contributed by atoms with Crippen LogP contribution in [0.1, 0.15) is 26.7 Å². The van der Waals surface area contributed by atoms with Gasteiger partial charge >= 0.3 is 0 Å². The van der Waals surface area contributed by atoms with E-state index in [1.165, 1.54) is 26.2 Å². The van der Waals surface area contributed by atoms with Crippen molar-refractivity contribution >= 4 is 0 Å². The van der Waals surface area contributed by atoms with Gasteiger partial charge in [0.25, 0.3) is 0 Å². The molecule has 2 rings (SSSR count). The van der Waals surface area contributed by atoms with Crippen LogP contribution >= 0.6 is 0 Å². The van der Waals surface area contributed by atoms with Gasteiger partial charge < -0.3 is 10.5 Å². The highest BCUT2D eigenvalue weighted by molar-refractivity contribution is 4.89. The number of hydrogen-bond donors (Lipinski definition) is 1. The third-order valence-corrected chi connectivity index (χ3v) is 4.80. The van der Waals surface area contributed by atoms with Gasteiger partial charge in [-0.05, 0) is 38.3 Å². The highest BCUT2D eigenvalue weighted by atomic mass is 16.5. The second-order valence-corrected chi connectivity index (χ2v) is 6.03. The maximum atomic E-state index is 6.05. The molecule has 0 aliphatic carbocycles. The first-order chi connectivity index (χ1) is 8.69. The molecule has 1 atom stereocenters. The van der Waals surface area contributed by atoms with Crippen molar-refractivity contribution in [2.75, 3.05) is 52.5 Å².